The quantitative estimate of drug-likeness (QED) is 0.443. The third kappa shape index (κ3) is 4.23. The number of carbonyl (C=O) groups is 2. The fourth-order valence-electron chi connectivity index (χ4n) is 3.74. The summed E-state index contributed by atoms with van der Waals surface area (Å²) in [5.41, 5.74) is 8.87. The highest BCUT2D eigenvalue weighted by atomic mass is 19.1. The standard InChI is InChI=1S/C23H22FN5O2/c1-12-3-4-26-10-18(12)17-8-15-9-20(27-11-19(15)23(25)22(17)24)29-21(31)7-14-5-16(6-14)28-13(2)30/h3-4,7-11,16H,5-6,25H2,1-2H3,(H,28,30)(H,27,29,31). The van der Waals surface area contributed by atoms with Crippen LogP contribution in [-0.4, -0.2) is 27.8 Å². The highest BCUT2D eigenvalue weighted by Crippen LogP contribution is 2.35. The topological polar surface area (TPSA) is 110 Å². The zero-order chi connectivity index (χ0) is 22.1. The summed E-state index contributed by atoms with van der Waals surface area (Å²) in [5.74, 6) is -0.565. The summed E-state index contributed by atoms with van der Waals surface area (Å²) in [6, 6.07) is 5.24. The van der Waals surface area contributed by atoms with E-state index in [4.69, 9.17) is 5.73 Å². The van der Waals surface area contributed by atoms with Crippen molar-refractivity contribution in [3.63, 3.8) is 0 Å². The largest absolute Gasteiger partial charge is 0.396 e. The van der Waals surface area contributed by atoms with Gasteiger partial charge in [0.1, 0.15) is 5.82 Å². The Hall–Kier alpha value is -3.81. The SMILES string of the molecule is CC(=O)NC1CC(=CC(=O)Nc2cc3cc(-c4cnccc4C)c(F)c(N)c3cn2)C1. The molecule has 1 saturated carbocycles. The number of nitrogen functional groups attached to an aromatic ring is 1. The zero-order valence-electron chi connectivity index (χ0n) is 17.2. The molecule has 0 radical (unpaired) electrons. The van der Waals surface area contributed by atoms with Gasteiger partial charge in [0.2, 0.25) is 11.8 Å². The molecule has 2 heterocycles. The summed E-state index contributed by atoms with van der Waals surface area (Å²) in [4.78, 5) is 31.7. The highest BCUT2D eigenvalue weighted by Gasteiger charge is 2.24. The zero-order valence-corrected chi connectivity index (χ0v) is 17.2. The highest BCUT2D eigenvalue weighted by molar-refractivity contribution is 6.02. The summed E-state index contributed by atoms with van der Waals surface area (Å²) in [6.45, 7) is 3.35. The molecule has 1 fully saturated rings. The van der Waals surface area contributed by atoms with E-state index in [1.165, 1.54) is 19.2 Å². The molecule has 0 atom stereocenters. The number of halogens is 1. The van der Waals surface area contributed by atoms with Gasteiger partial charge in [-0.3, -0.25) is 14.6 Å². The van der Waals surface area contributed by atoms with Crippen LogP contribution in [0.15, 0.2) is 48.4 Å². The van der Waals surface area contributed by atoms with Crippen LogP contribution in [0, 0.1) is 12.7 Å². The normalized spacial score (nSPS) is 15.3. The lowest BCUT2D eigenvalue weighted by molar-refractivity contribution is -0.119. The number of anilines is 2. The van der Waals surface area contributed by atoms with Crippen LogP contribution in [0.2, 0.25) is 0 Å². The lowest BCUT2D eigenvalue weighted by Gasteiger charge is -2.29. The summed E-state index contributed by atoms with van der Waals surface area (Å²) >= 11 is 0. The number of aryl methyl sites for hydroxylation is 1. The van der Waals surface area contributed by atoms with Crippen LogP contribution in [0.5, 0.6) is 0 Å². The minimum absolute atomic E-state index is 0.00160. The molecule has 2 amide bonds. The number of nitrogens with one attached hydrogen (secondary N) is 2. The molecule has 0 spiro atoms. The molecule has 31 heavy (non-hydrogen) atoms. The Morgan fingerprint density at radius 1 is 1.23 bits per heavy atom. The van der Waals surface area contributed by atoms with E-state index in [-0.39, 0.29) is 23.5 Å². The van der Waals surface area contributed by atoms with Gasteiger partial charge in [0.25, 0.3) is 0 Å². The van der Waals surface area contributed by atoms with Crippen molar-refractivity contribution in [1.29, 1.82) is 0 Å². The van der Waals surface area contributed by atoms with Crippen LogP contribution in [0.4, 0.5) is 15.9 Å². The number of rotatable bonds is 4. The molecule has 158 valence electrons. The monoisotopic (exact) mass is 419 g/mol. The molecular weight excluding hydrogens is 397 g/mol. The van der Waals surface area contributed by atoms with E-state index >= 15 is 0 Å². The van der Waals surface area contributed by atoms with Gasteiger partial charge in [-0.2, -0.15) is 0 Å². The minimum Gasteiger partial charge on any atom is -0.396 e. The molecule has 0 saturated heterocycles. The van der Waals surface area contributed by atoms with E-state index in [0.717, 1.165) is 11.1 Å². The number of pyridine rings is 2. The van der Waals surface area contributed by atoms with Crippen LogP contribution in [0.3, 0.4) is 0 Å². The van der Waals surface area contributed by atoms with Crippen LogP contribution >= 0.6 is 0 Å². The Labute approximate surface area is 178 Å². The maximum absolute atomic E-state index is 14.9. The van der Waals surface area contributed by atoms with Gasteiger partial charge in [-0.05, 0) is 48.9 Å². The van der Waals surface area contributed by atoms with Crippen LogP contribution in [-0.2, 0) is 9.59 Å². The number of hydrogen-bond donors (Lipinski definition) is 3. The van der Waals surface area contributed by atoms with Gasteiger partial charge in [0, 0.05) is 54.1 Å². The fraction of sp³-hybridized carbons (Fsp3) is 0.217. The molecule has 4 rings (SSSR count). The first-order chi connectivity index (χ1) is 14.8. The third-order valence-corrected chi connectivity index (χ3v) is 5.34. The van der Waals surface area contributed by atoms with Gasteiger partial charge in [-0.25, -0.2) is 9.37 Å². The molecular formula is C23H22FN5O2. The molecule has 7 nitrogen and oxygen atoms in total. The van der Waals surface area contributed by atoms with Crippen LogP contribution in [0.25, 0.3) is 21.9 Å². The van der Waals surface area contributed by atoms with Gasteiger partial charge < -0.3 is 16.4 Å². The third-order valence-electron chi connectivity index (χ3n) is 5.34. The number of aromatic nitrogens is 2. The predicted molar refractivity (Wildman–Crippen MR) is 118 cm³/mol. The fourth-order valence-corrected chi connectivity index (χ4v) is 3.74. The predicted octanol–water partition coefficient (Wildman–Crippen LogP) is 3.49. The van der Waals surface area contributed by atoms with Gasteiger partial charge in [-0.1, -0.05) is 5.57 Å². The van der Waals surface area contributed by atoms with Crippen molar-refractivity contribution in [2.75, 3.05) is 11.1 Å². The van der Waals surface area contributed by atoms with E-state index in [9.17, 15) is 14.0 Å². The Balaban J connectivity index is 1.58. The second-order valence-electron chi connectivity index (χ2n) is 7.73. The number of fused-ring (bicyclic) bond motifs is 1. The van der Waals surface area contributed by atoms with Crippen molar-refractivity contribution in [3.8, 4) is 11.1 Å². The summed E-state index contributed by atoms with van der Waals surface area (Å²) in [5, 5.41) is 6.67. The second-order valence-corrected chi connectivity index (χ2v) is 7.73. The van der Waals surface area contributed by atoms with Gasteiger partial charge >= 0.3 is 0 Å². The smallest absolute Gasteiger partial charge is 0.249 e. The van der Waals surface area contributed by atoms with Gasteiger partial charge in [0.05, 0.1) is 5.69 Å². The van der Waals surface area contributed by atoms with Crippen molar-refractivity contribution in [2.24, 2.45) is 0 Å². The average molecular weight is 419 g/mol. The second kappa shape index (κ2) is 8.14. The van der Waals surface area contributed by atoms with Crippen LogP contribution < -0.4 is 16.4 Å². The molecule has 0 unspecified atom stereocenters. The first-order valence-corrected chi connectivity index (χ1v) is 9.88. The van der Waals surface area contributed by atoms with Crippen molar-refractivity contribution < 1.29 is 14.0 Å². The Bertz CT molecular complexity index is 1230. The van der Waals surface area contributed by atoms with E-state index in [2.05, 4.69) is 20.6 Å². The number of nitrogens with two attached hydrogens (primary N) is 1. The van der Waals surface area contributed by atoms with E-state index < -0.39 is 5.82 Å². The molecule has 1 aromatic carbocycles. The van der Waals surface area contributed by atoms with Crippen molar-refractivity contribution in [3.05, 3.63) is 59.8 Å². The molecule has 8 heteroatoms. The van der Waals surface area contributed by atoms with Gasteiger partial charge in [-0.15, -0.1) is 0 Å². The number of nitrogens with zero attached hydrogens (tertiary/aromatic N) is 2. The summed E-state index contributed by atoms with van der Waals surface area (Å²) in [6.07, 6.45) is 7.53. The molecule has 2 aromatic heterocycles. The van der Waals surface area contributed by atoms with Crippen LogP contribution in [0.1, 0.15) is 25.3 Å². The van der Waals surface area contributed by atoms with E-state index in [1.54, 1.807) is 30.6 Å². The Kier molecular flexibility index (Phi) is 5.37. The number of hydrogen-bond acceptors (Lipinski definition) is 5. The number of amides is 2. The van der Waals surface area contributed by atoms with Crippen molar-refractivity contribution in [2.45, 2.75) is 32.7 Å². The summed E-state index contributed by atoms with van der Waals surface area (Å²) in [7, 11) is 0. The molecule has 0 aliphatic heterocycles. The number of carbonyl (C=O) groups excluding carboxylic acids is 2. The molecule has 1 aliphatic rings. The summed E-state index contributed by atoms with van der Waals surface area (Å²) < 4.78 is 14.9. The lowest BCUT2D eigenvalue weighted by atomic mass is 9.86. The van der Waals surface area contributed by atoms with Gasteiger partial charge in [0.15, 0.2) is 5.82 Å². The first kappa shape index (κ1) is 20.5. The molecule has 4 N–H and O–H groups in total. The Morgan fingerprint density at radius 2 is 2.00 bits per heavy atom. The first-order valence-electron chi connectivity index (χ1n) is 9.88. The maximum Gasteiger partial charge on any atom is 0.249 e. The Morgan fingerprint density at radius 3 is 2.71 bits per heavy atom. The minimum atomic E-state index is -0.523. The average Bonchev–Trinajstić information content (AvgIpc) is 2.69. The van der Waals surface area contributed by atoms with E-state index in [1.807, 2.05) is 6.92 Å². The maximum atomic E-state index is 14.9. The van der Waals surface area contributed by atoms with E-state index in [0.29, 0.717) is 40.6 Å². The lowest BCUT2D eigenvalue weighted by Crippen LogP contribution is -2.39. The molecule has 0 bridgehead atoms. The van der Waals surface area contributed by atoms with Crippen molar-refractivity contribution >= 4 is 34.1 Å². The van der Waals surface area contributed by atoms with Crippen molar-refractivity contribution in [1.82, 2.24) is 15.3 Å². The molecule has 3 aromatic rings. The molecule has 1 aliphatic carbocycles. The number of benzene rings is 1.